The van der Waals surface area contributed by atoms with Gasteiger partial charge >= 0.3 is 5.97 Å². The lowest BCUT2D eigenvalue weighted by atomic mass is 9.92. The molecule has 2 aliphatic rings. The summed E-state index contributed by atoms with van der Waals surface area (Å²) in [6.07, 6.45) is 6.32. The Hall–Kier alpha value is -4.67. The number of benzene rings is 2. The lowest BCUT2D eigenvalue weighted by Gasteiger charge is -2.33. The molecule has 10 nitrogen and oxygen atoms in total. The highest BCUT2D eigenvalue weighted by molar-refractivity contribution is 5.74. The van der Waals surface area contributed by atoms with E-state index in [4.69, 9.17) is 23.9 Å². The van der Waals surface area contributed by atoms with Crippen LogP contribution in [0.4, 0.5) is 0 Å². The SMILES string of the molecule is COc1nc(OCc2cccc(-c3cccc(COc4ccc(CN5CCCCC5C(=O)O)c(OC)n4)c3C)c2C)ccc1CN1CCCCC1C. The second-order valence-electron chi connectivity index (χ2n) is 14.0. The number of methoxy groups -OCH3 is 2. The number of ether oxygens (including phenoxy) is 4. The van der Waals surface area contributed by atoms with Crippen LogP contribution < -0.4 is 18.9 Å². The van der Waals surface area contributed by atoms with Gasteiger partial charge in [0.25, 0.3) is 0 Å². The van der Waals surface area contributed by atoms with Crippen LogP contribution in [0.5, 0.6) is 23.5 Å². The number of aromatic nitrogens is 2. The molecule has 0 aliphatic carbocycles. The minimum atomic E-state index is -0.781. The zero-order chi connectivity index (χ0) is 36.6. The number of hydrogen-bond donors (Lipinski definition) is 1. The summed E-state index contributed by atoms with van der Waals surface area (Å²) in [4.78, 5) is 25.6. The Bertz CT molecular complexity index is 1850. The average molecular weight is 709 g/mol. The summed E-state index contributed by atoms with van der Waals surface area (Å²) in [7, 11) is 3.25. The molecule has 2 unspecified atom stereocenters. The molecule has 2 aromatic heterocycles. The molecule has 0 saturated carbocycles. The van der Waals surface area contributed by atoms with Crippen molar-refractivity contribution >= 4 is 5.97 Å². The van der Waals surface area contributed by atoms with Gasteiger partial charge in [0.15, 0.2) is 0 Å². The van der Waals surface area contributed by atoms with Crippen LogP contribution in [-0.4, -0.2) is 70.2 Å². The number of carbonyl (C=O) groups is 1. The number of rotatable bonds is 14. The maximum atomic E-state index is 11.8. The molecule has 2 aromatic carbocycles. The molecule has 0 radical (unpaired) electrons. The van der Waals surface area contributed by atoms with Crippen molar-refractivity contribution < 1.29 is 28.8 Å². The summed E-state index contributed by atoms with van der Waals surface area (Å²) >= 11 is 0. The molecule has 2 atom stereocenters. The Morgan fingerprint density at radius 3 is 1.69 bits per heavy atom. The maximum absolute atomic E-state index is 11.8. The second kappa shape index (κ2) is 17.2. The Balaban J connectivity index is 1.11. The zero-order valence-electron chi connectivity index (χ0n) is 31.2. The minimum Gasteiger partial charge on any atom is -0.481 e. The van der Waals surface area contributed by atoms with E-state index in [9.17, 15) is 9.90 Å². The number of carboxylic acid groups (broad SMARTS) is 1. The number of likely N-dealkylation sites (tertiary alicyclic amines) is 2. The molecule has 4 heterocycles. The minimum absolute atomic E-state index is 0.338. The molecule has 4 aromatic rings. The second-order valence-corrected chi connectivity index (χ2v) is 14.0. The van der Waals surface area contributed by atoms with Crippen molar-refractivity contribution in [3.05, 3.63) is 94.0 Å². The smallest absolute Gasteiger partial charge is 0.320 e. The van der Waals surface area contributed by atoms with E-state index in [-0.39, 0.29) is 0 Å². The number of hydrogen-bond acceptors (Lipinski definition) is 9. The summed E-state index contributed by atoms with van der Waals surface area (Å²) in [5.74, 6) is 1.28. The summed E-state index contributed by atoms with van der Waals surface area (Å²) < 4.78 is 23.7. The summed E-state index contributed by atoms with van der Waals surface area (Å²) in [5, 5.41) is 9.69. The van der Waals surface area contributed by atoms with Crippen LogP contribution in [0.3, 0.4) is 0 Å². The van der Waals surface area contributed by atoms with Crippen molar-refractivity contribution in [1.29, 1.82) is 0 Å². The maximum Gasteiger partial charge on any atom is 0.320 e. The largest absolute Gasteiger partial charge is 0.481 e. The molecule has 2 aliphatic heterocycles. The van der Waals surface area contributed by atoms with Gasteiger partial charge in [0, 0.05) is 42.4 Å². The number of aliphatic carboxylic acids is 1. The third-order valence-electron chi connectivity index (χ3n) is 10.7. The van der Waals surface area contributed by atoms with Crippen LogP contribution in [0.15, 0.2) is 60.7 Å². The standard InChI is InChI=1S/C42H52N4O6/c1-28-12-6-8-22-45(28)24-31-18-20-38(43-40(31)49-4)51-26-33-13-10-15-35(29(33)2)36-16-11-14-34(30(36)3)27-52-39-21-19-32(41(44-39)50-5)25-46-23-9-7-17-37(46)42(47)48/h10-11,13-16,18-21,28,37H,6-9,12,17,22-27H2,1-5H3,(H,47,48). The van der Waals surface area contributed by atoms with E-state index in [0.717, 1.165) is 77.0 Å². The van der Waals surface area contributed by atoms with Crippen LogP contribution in [-0.2, 0) is 31.1 Å². The molecular weight excluding hydrogens is 656 g/mol. The first-order valence-electron chi connectivity index (χ1n) is 18.5. The van der Waals surface area contributed by atoms with E-state index < -0.39 is 12.0 Å². The van der Waals surface area contributed by atoms with Gasteiger partial charge in [-0.15, -0.1) is 0 Å². The molecular formula is C42H52N4O6. The van der Waals surface area contributed by atoms with E-state index in [1.807, 2.05) is 23.1 Å². The van der Waals surface area contributed by atoms with Crippen LogP contribution in [0.25, 0.3) is 11.1 Å². The molecule has 6 rings (SSSR count). The van der Waals surface area contributed by atoms with Crippen molar-refractivity contribution in [3.63, 3.8) is 0 Å². The fourth-order valence-electron chi connectivity index (χ4n) is 7.52. The first kappa shape index (κ1) is 37.1. The Morgan fingerprint density at radius 2 is 1.19 bits per heavy atom. The third kappa shape index (κ3) is 8.68. The lowest BCUT2D eigenvalue weighted by Crippen LogP contribution is -2.44. The molecule has 0 amide bonds. The van der Waals surface area contributed by atoms with Gasteiger partial charge in [-0.05, 0) is 105 Å². The summed E-state index contributed by atoms with van der Waals surface area (Å²) in [6, 6.07) is 20.4. The van der Waals surface area contributed by atoms with Gasteiger partial charge in [0.2, 0.25) is 23.5 Å². The van der Waals surface area contributed by atoms with E-state index in [1.54, 1.807) is 14.2 Å². The van der Waals surface area contributed by atoms with Gasteiger partial charge in [-0.3, -0.25) is 14.6 Å². The van der Waals surface area contributed by atoms with Crippen molar-refractivity contribution in [2.45, 2.75) is 97.7 Å². The summed E-state index contributed by atoms with van der Waals surface area (Å²) in [5.41, 5.74) is 8.60. The van der Waals surface area contributed by atoms with Crippen LogP contribution in [0.1, 0.15) is 78.8 Å². The monoisotopic (exact) mass is 708 g/mol. The normalized spacial score (nSPS) is 18.2. The Kier molecular flexibility index (Phi) is 12.3. The zero-order valence-corrected chi connectivity index (χ0v) is 31.2. The highest BCUT2D eigenvalue weighted by Gasteiger charge is 2.29. The fourth-order valence-corrected chi connectivity index (χ4v) is 7.52. The van der Waals surface area contributed by atoms with Gasteiger partial charge < -0.3 is 24.1 Å². The number of carboxylic acids is 1. The predicted octanol–water partition coefficient (Wildman–Crippen LogP) is 7.75. The van der Waals surface area contributed by atoms with Crippen molar-refractivity contribution in [2.75, 3.05) is 27.3 Å². The molecule has 0 bridgehead atoms. The van der Waals surface area contributed by atoms with Crippen molar-refractivity contribution in [2.24, 2.45) is 0 Å². The number of nitrogens with zero attached hydrogens (tertiary/aromatic N) is 4. The van der Waals surface area contributed by atoms with E-state index in [2.05, 4.69) is 73.1 Å². The molecule has 52 heavy (non-hydrogen) atoms. The van der Waals surface area contributed by atoms with E-state index in [1.165, 1.54) is 19.3 Å². The van der Waals surface area contributed by atoms with Crippen molar-refractivity contribution in [1.82, 2.24) is 19.8 Å². The molecule has 276 valence electrons. The molecule has 0 spiro atoms. The average Bonchev–Trinajstić information content (AvgIpc) is 3.16. The molecule has 10 heteroatoms. The fraction of sp³-hybridized carbons (Fsp3) is 0.452. The topological polar surface area (TPSA) is 106 Å². The number of piperidine rings is 2. The van der Waals surface area contributed by atoms with Crippen LogP contribution in [0, 0.1) is 13.8 Å². The first-order chi connectivity index (χ1) is 25.2. The van der Waals surface area contributed by atoms with Gasteiger partial charge in [-0.2, -0.15) is 9.97 Å². The van der Waals surface area contributed by atoms with Gasteiger partial charge in [-0.1, -0.05) is 49.2 Å². The number of pyridine rings is 2. The van der Waals surface area contributed by atoms with Crippen LogP contribution in [0.2, 0.25) is 0 Å². The van der Waals surface area contributed by atoms with Gasteiger partial charge in [0.05, 0.1) is 14.2 Å². The first-order valence-corrected chi connectivity index (χ1v) is 18.5. The summed E-state index contributed by atoms with van der Waals surface area (Å²) in [6.45, 7) is 10.4. The van der Waals surface area contributed by atoms with Gasteiger partial charge in [0.1, 0.15) is 19.3 Å². The van der Waals surface area contributed by atoms with E-state index >= 15 is 0 Å². The lowest BCUT2D eigenvalue weighted by molar-refractivity contribution is -0.144. The van der Waals surface area contributed by atoms with E-state index in [0.29, 0.717) is 55.7 Å². The third-order valence-corrected chi connectivity index (χ3v) is 10.7. The van der Waals surface area contributed by atoms with Crippen LogP contribution >= 0.6 is 0 Å². The predicted molar refractivity (Wildman–Crippen MR) is 201 cm³/mol. The highest BCUT2D eigenvalue weighted by Crippen LogP contribution is 2.32. The Labute approximate surface area is 307 Å². The highest BCUT2D eigenvalue weighted by atomic mass is 16.5. The molecule has 2 fully saturated rings. The molecule has 2 saturated heterocycles. The Morgan fingerprint density at radius 1 is 0.692 bits per heavy atom. The quantitative estimate of drug-likeness (QED) is 0.140. The van der Waals surface area contributed by atoms with Gasteiger partial charge in [-0.25, -0.2) is 0 Å². The van der Waals surface area contributed by atoms with Crippen molar-refractivity contribution in [3.8, 4) is 34.6 Å². The molecule has 1 N–H and O–H groups in total.